The molecule has 0 spiro atoms. The van der Waals surface area contributed by atoms with Crippen LogP contribution in [0.2, 0.25) is 0 Å². The van der Waals surface area contributed by atoms with Gasteiger partial charge in [0, 0.05) is 128 Å². The molecule has 4 saturated heterocycles. The maximum absolute atomic E-state index is 15.1. The molecule has 5 aliphatic rings. The summed E-state index contributed by atoms with van der Waals surface area (Å²) in [5.41, 5.74) is 2.98. The molecule has 26 heteroatoms. The fourth-order valence-corrected chi connectivity index (χ4v) is 12.5. The molecule has 0 radical (unpaired) electrons. The Morgan fingerprint density at radius 2 is 1.49 bits per heavy atom. The first-order valence-electron chi connectivity index (χ1n) is 26.8. The molecule has 81 heavy (non-hydrogen) atoms. The minimum Gasteiger partial charge on any atom is -0.458 e. The van der Waals surface area contributed by atoms with Gasteiger partial charge in [0.15, 0.2) is 28.1 Å². The van der Waals surface area contributed by atoms with Crippen molar-refractivity contribution >= 4 is 83.0 Å². The number of hydrogen-bond acceptors (Lipinski definition) is 18. The van der Waals surface area contributed by atoms with Gasteiger partial charge in [0.1, 0.15) is 23.5 Å². The van der Waals surface area contributed by atoms with E-state index in [2.05, 4.69) is 71.9 Å². The molecule has 7 N–H and O–H groups in total. The maximum Gasteiger partial charge on any atom is 0.317 e. The highest BCUT2D eigenvalue weighted by Gasteiger charge is 2.37. The molecule has 5 atom stereocenters. The van der Waals surface area contributed by atoms with E-state index in [0.717, 1.165) is 17.5 Å². The van der Waals surface area contributed by atoms with Crippen molar-refractivity contribution in [3.05, 3.63) is 107 Å². The number of morpholine rings is 1. The number of ether oxygens (including phenoxy) is 3. The van der Waals surface area contributed by atoms with Crippen LogP contribution in [-0.2, 0) is 26.4 Å². The highest BCUT2D eigenvalue weighted by Crippen LogP contribution is 2.34. The van der Waals surface area contributed by atoms with E-state index in [-0.39, 0.29) is 118 Å². The molecule has 1 unspecified atom stereocenters. The molecular formula is C55H62F2N15O8S+. The van der Waals surface area contributed by atoms with Crippen molar-refractivity contribution in [2.45, 2.75) is 63.6 Å². The fraction of sp³-hybridized carbons (Fsp3) is 0.400. The average molecular weight is 1130 g/mol. The molecule has 6 aromatic rings. The largest absolute Gasteiger partial charge is 0.458 e. The highest BCUT2D eigenvalue weighted by atomic mass is 32.2. The number of hydrogen-bond donors (Lipinski definition) is 6. The Balaban J connectivity index is 0.782. The Morgan fingerprint density at radius 3 is 2.17 bits per heavy atom. The van der Waals surface area contributed by atoms with Gasteiger partial charge in [-0.15, -0.1) is 0 Å². The molecule has 3 aromatic heterocycles. The molecule has 4 aliphatic heterocycles. The molecule has 3 amide bonds. The minimum absolute atomic E-state index is 0.0131. The summed E-state index contributed by atoms with van der Waals surface area (Å²) in [4.78, 5) is 66.5. The van der Waals surface area contributed by atoms with E-state index in [4.69, 9.17) is 24.6 Å². The smallest absolute Gasteiger partial charge is 0.317 e. The Hall–Kier alpha value is -8.04. The van der Waals surface area contributed by atoms with Gasteiger partial charge < -0.3 is 55.5 Å². The predicted molar refractivity (Wildman–Crippen MR) is 298 cm³/mol. The lowest BCUT2D eigenvalue weighted by molar-refractivity contribution is -0.556. The number of halogens is 2. The van der Waals surface area contributed by atoms with Crippen LogP contribution in [0.1, 0.15) is 47.9 Å². The van der Waals surface area contributed by atoms with Crippen molar-refractivity contribution in [3.8, 4) is 12.0 Å². The lowest BCUT2D eigenvalue weighted by Crippen LogP contribution is -2.73. The van der Waals surface area contributed by atoms with E-state index in [1.807, 2.05) is 12.1 Å². The van der Waals surface area contributed by atoms with Crippen LogP contribution in [0.25, 0.3) is 32.7 Å². The number of sulfone groups is 1. The first kappa shape index (κ1) is 54.9. The quantitative estimate of drug-likeness (QED) is 0.0915. The number of amides is 3. The van der Waals surface area contributed by atoms with Crippen LogP contribution in [0.3, 0.4) is 0 Å². The number of carbonyl (C=O) groups excluding carboxylic acids is 3. The lowest BCUT2D eigenvalue weighted by Gasteiger charge is -2.42. The number of rotatable bonds is 14. The number of fused-ring (bicyclic) bond motifs is 3. The third-order valence-electron chi connectivity index (χ3n) is 14.8. The van der Waals surface area contributed by atoms with Crippen LogP contribution in [0.15, 0.2) is 90.4 Å². The van der Waals surface area contributed by atoms with Gasteiger partial charge in [-0.25, -0.2) is 27.2 Å². The van der Waals surface area contributed by atoms with Gasteiger partial charge >= 0.3 is 12.0 Å². The number of allylic oxidation sites excluding steroid dienone is 4. The monoisotopic (exact) mass is 1130 g/mol. The molecule has 11 rings (SSSR count). The number of piperazine rings is 2. The zero-order chi connectivity index (χ0) is 56.9. The van der Waals surface area contributed by atoms with Crippen LogP contribution in [0.5, 0.6) is 12.0 Å². The molecule has 4 fully saturated rings. The fourth-order valence-electron chi connectivity index (χ4n) is 11.3. The number of nitrogens with one attached hydrogen (secondary N) is 5. The summed E-state index contributed by atoms with van der Waals surface area (Å²) in [5.74, 6) is -3.18. The third-order valence-corrected chi connectivity index (χ3v) is 16.5. The second kappa shape index (κ2) is 22.5. The summed E-state index contributed by atoms with van der Waals surface area (Å²) in [6, 6.07) is 9.83. The number of benzene rings is 3. The summed E-state index contributed by atoms with van der Waals surface area (Å²) in [6.07, 6.45) is 8.56. The van der Waals surface area contributed by atoms with Crippen molar-refractivity contribution in [1.82, 2.24) is 50.6 Å². The Labute approximate surface area is 464 Å². The van der Waals surface area contributed by atoms with Gasteiger partial charge in [-0.3, -0.25) is 24.5 Å². The van der Waals surface area contributed by atoms with Crippen molar-refractivity contribution in [2.75, 3.05) is 86.2 Å². The molecule has 3 aromatic carbocycles. The summed E-state index contributed by atoms with van der Waals surface area (Å²) in [5, 5.41) is 28.4. The zero-order valence-corrected chi connectivity index (χ0v) is 46.0. The number of nitrogens with two attached hydrogens (primary N) is 1. The van der Waals surface area contributed by atoms with Gasteiger partial charge in [-0.2, -0.15) is 15.1 Å². The van der Waals surface area contributed by atoms with E-state index >= 15 is 4.39 Å². The van der Waals surface area contributed by atoms with Gasteiger partial charge in [0.25, 0.3) is 17.7 Å². The van der Waals surface area contributed by atoms with Crippen molar-refractivity contribution in [2.24, 2.45) is 7.05 Å². The van der Waals surface area contributed by atoms with Gasteiger partial charge in [0.2, 0.25) is 0 Å². The van der Waals surface area contributed by atoms with Gasteiger partial charge in [0.05, 0.1) is 59.0 Å². The first-order chi connectivity index (χ1) is 38.8. The number of nitrogens with zero attached hydrogens (tertiary/aromatic N) is 9. The standard InChI is InChI=1S/C55H61F2N15O8S/c1-29-20-71(21-30(2)62-29)45-8-6-39(52(74)64-34-12-32(17-59-4)48(58)43(56)15-34)50-41(45)18-60-54(66-50)79-26-47(73)70-10-11-78-37(25-70)14-36-24-72(22-31(3)63-36)46-9-7-40(51-42(46)19-61-55(67-51)80-38-27-81(76,77)28-38)53(75)65-35-13-33-23-69(5)68-49(33)44(57)16-35/h6-9,12-13,15-19,23,29-31,36-38,58-59,62-63H,10-11,14,20-22,24-28H2,1-5H3,(H,64,74)(H,65,75)/p+1/b32-17-,58-48?/t29-,30+,31-,36+,37?/m1/s1. The normalized spacial score (nSPS) is 22.9. The van der Waals surface area contributed by atoms with Crippen LogP contribution < -0.4 is 45.9 Å². The summed E-state index contributed by atoms with van der Waals surface area (Å²) in [7, 11) is 0.216. The number of aryl methyl sites for hydroxylation is 1. The number of aromatic nitrogens is 6. The molecule has 7 heterocycles. The summed E-state index contributed by atoms with van der Waals surface area (Å²) < 4.78 is 73.4. The predicted octanol–water partition coefficient (Wildman–Crippen LogP) is 2.65. The first-order valence-corrected chi connectivity index (χ1v) is 28.6. The molecular weight excluding hydrogens is 1070 g/mol. The Morgan fingerprint density at radius 1 is 0.852 bits per heavy atom. The van der Waals surface area contributed by atoms with Crippen molar-refractivity contribution in [3.63, 3.8) is 0 Å². The minimum atomic E-state index is -3.21. The molecule has 23 nitrogen and oxygen atoms in total. The van der Waals surface area contributed by atoms with Crippen LogP contribution in [0.4, 0.5) is 25.8 Å². The summed E-state index contributed by atoms with van der Waals surface area (Å²) >= 11 is 0. The van der Waals surface area contributed by atoms with Gasteiger partial charge in [-0.1, -0.05) is 0 Å². The van der Waals surface area contributed by atoms with E-state index in [9.17, 15) is 27.2 Å². The van der Waals surface area contributed by atoms with E-state index in [0.29, 0.717) is 60.9 Å². The highest BCUT2D eigenvalue weighted by molar-refractivity contribution is 7.92. The van der Waals surface area contributed by atoms with E-state index in [1.54, 1.807) is 67.3 Å². The SMILES string of the molecule is C[NH2+]/C=C1/C=C(NC(=O)c2ccc(N3C[C@@H](C)N[C@@H](C)C3)c3cnc(OCC(=O)N4CCOC(C[C@H]5CN(c6ccc(C(=O)Nc7cc(F)c8nn(C)cc8c7)c7nc(OC8CS(=O)(=O)C8)ncc67)C[C@@H](C)N5)C4)nc23)C=C(F)C1=N. The topological polar surface area (TPSA) is 281 Å². The van der Waals surface area contributed by atoms with Crippen molar-refractivity contribution in [1.29, 1.82) is 5.41 Å². The molecule has 0 bridgehead atoms. The molecule has 0 saturated carbocycles. The number of quaternary nitrogens is 1. The third kappa shape index (κ3) is 11.9. The molecule has 424 valence electrons. The van der Waals surface area contributed by atoms with E-state index < -0.39 is 46.0 Å². The lowest BCUT2D eigenvalue weighted by atomic mass is 10.0. The van der Waals surface area contributed by atoms with Crippen LogP contribution in [0, 0.1) is 11.2 Å². The van der Waals surface area contributed by atoms with Crippen LogP contribution in [-0.4, -0.2) is 174 Å². The number of carbonyl (C=O) groups is 3. The average Bonchev–Trinajstić information content (AvgIpc) is 3.86. The van der Waals surface area contributed by atoms with Crippen molar-refractivity contribution < 1.29 is 51.1 Å². The maximum atomic E-state index is 15.1. The second-order valence-electron chi connectivity index (χ2n) is 21.3. The number of anilines is 3. The molecule has 1 aliphatic carbocycles. The van der Waals surface area contributed by atoms with Crippen LogP contribution >= 0.6 is 0 Å². The Kier molecular flexibility index (Phi) is 15.2. The second-order valence-corrected chi connectivity index (χ2v) is 23.5. The zero-order valence-electron chi connectivity index (χ0n) is 45.2. The van der Waals surface area contributed by atoms with E-state index in [1.165, 1.54) is 16.8 Å². The summed E-state index contributed by atoms with van der Waals surface area (Å²) in [6.45, 7) is 9.21. The van der Waals surface area contributed by atoms with Gasteiger partial charge in [-0.05, 0) is 75.7 Å². The Bertz CT molecular complexity index is 3720.